The van der Waals surface area contributed by atoms with E-state index < -0.39 is 0 Å². The molecule has 0 spiro atoms. The second-order valence-corrected chi connectivity index (χ2v) is 6.22. The Balaban J connectivity index is 1.91. The summed E-state index contributed by atoms with van der Waals surface area (Å²) in [6.07, 6.45) is 4.12. The summed E-state index contributed by atoms with van der Waals surface area (Å²) < 4.78 is 0. The van der Waals surface area contributed by atoms with Gasteiger partial charge in [0.1, 0.15) is 0 Å². The molecule has 0 unspecified atom stereocenters. The monoisotopic (exact) mass is 317 g/mol. The maximum absolute atomic E-state index is 12.5. The Morgan fingerprint density at radius 1 is 1.32 bits per heavy atom. The summed E-state index contributed by atoms with van der Waals surface area (Å²) in [4.78, 5) is 17.2. The van der Waals surface area contributed by atoms with Gasteiger partial charge in [-0.3, -0.25) is 9.78 Å². The third-order valence-corrected chi connectivity index (χ3v) is 4.18. The number of nitrogens with one attached hydrogen (secondary N) is 1. The fourth-order valence-corrected chi connectivity index (χ4v) is 2.73. The first-order valence-corrected chi connectivity index (χ1v) is 8.15. The highest BCUT2D eigenvalue weighted by atomic mass is 35.5. The average molecular weight is 318 g/mol. The Kier molecular flexibility index (Phi) is 4.60. The predicted molar refractivity (Wildman–Crippen MR) is 89.3 cm³/mol. The third kappa shape index (κ3) is 3.39. The minimum absolute atomic E-state index is 0.0615. The maximum atomic E-state index is 12.5. The van der Waals surface area contributed by atoms with Gasteiger partial charge in [0.2, 0.25) is 0 Å². The molecule has 0 bridgehead atoms. The van der Waals surface area contributed by atoms with Crippen LogP contribution in [0.5, 0.6) is 0 Å². The summed E-state index contributed by atoms with van der Waals surface area (Å²) >= 11 is 6.08. The molecule has 116 valence electrons. The number of unbranched alkanes of at least 4 members (excludes halogenated alkanes) is 1. The van der Waals surface area contributed by atoms with Crippen molar-refractivity contribution >= 4 is 28.4 Å². The minimum atomic E-state index is -0.0615. The van der Waals surface area contributed by atoms with Crippen molar-refractivity contribution in [3.8, 4) is 0 Å². The van der Waals surface area contributed by atoms with Crippen molar-refractivity contribution in [1.29, 1.82) is 0 Å². The van der Waals surface area contributed by atoms with Crippen LogP contribution in [0, 0.1) is 0 Å². The van der Waals surface area contributed by atoms with E-state index in [1.165, 1.54) is 0 Å². The highest BCUT2D eigenvalue weighted by Gasteiger charge is 2.27. The lowest BCUT2D eigenvalue weighted by molar-refractivity contribution is 0.0954. The summed E-state index contributed by atoms with van der Waals surface area (Å²) in [6, 6.07) is 7.44. The molecular weight excluding hydrogens is 298 g/mol. The van der Waals surface area contributed by atoms with Gasteiger partial charge in [-0.25, -0.2) is 0 Å². The fourth-order valence-electron chi connectivity index (χ4n) is 2.56. The molecule has 1 heterocycles. The van der Waals surface area contributed by atoms with Crippen LogP contribution in [0.4, 0.5) is 0 Å². The van der Waals surface area contributed by atoms with Crippen LogP contribution in [0.1, 0.15) is 47.7 Å². The lowest BCUT2D eigenvalue weighted by Crippen LogP contribution is -2.25. The number of pyridine rings is 1. The maximum Gasteiger partial charge on any atom is 0.252 e. The van der Waals surface area contributed by atoms with E-state index in [0.29, 0.717) is 29.6 Å². The van der Waals surface area contributed by atoms with Crippen molar-refractivity contribution in [2.24, 2.45) is 5.73 Å². The highest BCUT2D eigenvalue weighted by molar-refractivity contribution is 6.31. The van der Waals surface area contributed by atoms with Crippen molar-refractivity contribution in [3.05, 3.63) is 40.5 Å². The Hall–Kier alpha value is -1.65. The number of rotatable bonds is 6. The van der Waals surface area contributed by atoms with Crippen LogP contribution in [0.3, 0.4) is 0 Å². The summed E-state index contributed by atoms with van der Waals surface area (Å²) in [5, 5.41) is 4.40. The van der Waals surface area contributed by atoms with Gasteiger partial charge < -0.3 is 11.1 Å². The molecule has 1 amide bonds. The van der Waals surface area contributed by atoms with Crippen LogP contribution in [0.15, 0.2) is 24.3 Å². The number of nitrogens with two attached hydrogens (primary N) is 1. The van der Waals surface area contributed by atoms with Gasteiger partial charge in [-0.15, -0.1) is 0 Å². The van der Waals surface area contributed by atoms with Crippen LogP contribution in [-0.4, -0.2) is 24.0 Å². The molecule has 1 aliphatic rings. The molecule has 0 radical (unpaired) electrons. The number of carbonyl (C=O) groups is 1. The van der Waals surface area contributed by atoms with Gasteiger partial charge >= 0.3 is 0 Å². The van der Waals surface area contributed by atoms with Gasteiger partial charge in [-0.05, 0) is 56.5 Å². The van der Waals surface area contributed by atoms with Gasteiger partial charge in [0.15, 0.2) is 0 Å². The third-order valence-electron chi connectivity index (χ3n) is 3.95. The Morgan fingerprint density at radius 2 is 2.14 bits per heavy atom. The van der Waals surface area contributed by atoms with Crippen LogP contribution in [0.25, 0.3) is 10.9 Å². The van der Waals surface area contributed by atoms with E-state index in [0.717, 1.165) is 42.3 Å². The zero-order valence-electron chi connectivity index (χ0n) is 12.4. The van der Waals surface area contributed by atoms with Crippen LogP contribution >= 0.6 is 11.6 Å². The van der Waals surface area contributed by atoms with E-state index in [1.807, 2.05) is 24.3 Å². The van der Waals surface area contributed by atoms with Gasteiger partial charge in [0, 0.05) is 28.6 Å². The number of hydrogen-bond donors (Lipinski definition) is 2. The molecule has 1 fully saturated rings. The summed E-state index contributed by atoms with van der Waals surface area (Å²) in [7, 11) is 0. The van der Waals surface area contributed by atoms with E-state index in [9.17, 15) is 4.79 Å². The topological polar surface area (TPSA) is 68.0 Å². The number of benzene rings is 1. The number of aromatic nitrogens is 1. The Labute approximate surface area is 135 Å². The van der Waals surface area contributed by atoms with E-state index in [1.54, 1.807) is 0 Å². The SMILES string of the molecule is NCCCCNC(=O)c1cc(C2CC2)nc2ccc(Cl)cc12. The predicted octanol–water partition coefficient (Wildman–Crippen LogP) is 3.23. The second-order valence-electron chi connectivity index (χ2n) is 5.78. The van der Waals surface area contributed by atoms with Crippen molar-refractivity contribution in [2.75, 3.05) is 13.1 Å². The van der Waals surface area contributed by atoms with E-state index in [2.05, 4.69) is 10.3 Å². The van der Waals surface area contributed by atoms with Gasteiger partial charge in [0.05, 0.1) is 11.1 Å². The van der Waals surface area contributed by atoms with Gasteiger partial charge in [0.25, 0.3) is 5.91 Å². The number of halogens is 1. The van der Waals surface area contributed by atoms with Crippen molar-refractivity contribution in [1.82, 2.24) is 10.3 Å². The van der Waals surface area contributed by atoms with Crippen molar-refractivity contribution in [3.63, 3.8) is 0 Å². The van der Waals surface area contributed by atoms with Crippen LogP contribution < -0.4 is 11.1 Å². The Bertz CT molecular complexity index is 698. The number of amides is 1. The van der Waals surface area contributed by atoms with Crippen molar-refractivity contribution in [2.45, 2.75) is 31.6 Å². The molecule has 1 aromatic heterocycles. The average Bonchev–Trinajstić information content (AvgIpc) is 3.35. The molecule has 22 heavy (non-hydrogen) atoms. The molecule has 0 atom stereocenters. The molecule has 1 aromatic carbocycles. The smallest absolute Gasteiger partial charge is 0.252 e. The van der Waals surface area contributed by atoms with Gasteiger partial charge in [-0.1, -0.05) is 11.6 Å². The number of fused-ring (bicyclic) bond motifs is 1. The molecule has 2 aromatic rings. The lowest BCUT2D eigenvalue weighted by Gasteiger charge is -2.10. The fraction of sp³-hybridized carbons (Fsp3) is 0.412. The largest absolute Gasteiger partial charge is 0.352 e. The minimum Gasteiger partial charge on any atom is -0.352 e. The zero-order valence-corrected chi connectivity index (χ0v) is 13.2. The molecule has 4 nitrogen and oxygen atoms in total. The molecule has 3 N–H and O–H groups in total. The second kappa shape index (κ2) is 6.63. The Morgan fingerprint density at radius 3 is 2.86 bits per heavy atom. The summed E-state index contributed by atoms with van der Waals surface area (Å²) in [6.45, 7) is 1.29. The quantitative estimate of drug-likeness (QED) is 0.804. The van der Waals surface area contributed by atoms with Gasteiger partial charge in [-0.2, -0.15) is 0 Å². The number of nitrogens with zero attached hydrogens (tertiary/aromatic N) is 1. The molecule has 0 aliphatic heterocycles. The van der Waals surface area contributed by atoms with E-state index in [-0.39, 0.29) is 5.91 Å². The van der Waals surface area contributed by atoms with E-state index >= 15 is 0 Å². The number of hydrogen-bond acceptors (Lipinski definition) is 3. The number of carbonyl (C=O) groups excluding carboxylic acids is 1. The van der Waals surface area contributed by atoms with Crippen LogP contribution in [0.2, 0.25) is 5.02 Å². The standard InChI is InChI=1S/C17H20ClN3O/c18-12-5-6-15-13(9-12)14(10-16(21-15)11-3-4-11)17(22)20-8-2-1-7-19/h5-6,9-11H,1-4,7-8,19H2,(H,20,22). The van der Waals surface area contributed by atoms with Crippen LogP contribution in [-0.2, 0) is 0 Å². The molecule has 3 rings (SSSR count). The molecule has 1 aliphatic carbocycles. The summed E-state index contributed by atoms with van der Waals surface area (Å²) in [5.74, 6) is 0.442. The molecule has 5 heteroatoms. The molecule has 0 saturated heterocycles. The molecule has 1 saturated carbocycles. The first-order valence-electron chi connectivity index (χ1n) is 7.77. The van der Waals surface area contributed by atoms with E-state index in [4.69, 9.17) is 17.3 Å². The van der Waals surface area contributed by atoms with Crippen molar-refractivity contribution < 1.29 is 4.79 Å². The highest BCUT2D eigenvalue weighted by Crippen LogP contribution is 2.40. The first-order chi connectivity index (χ1) is 10.7. The summed E-state index contributed by atoms with van der Waals surface area (Å²) in [5.41, 5.74) is 7.99. The normalized spacial score (nSPS) is 14.3. The first kappa shape index (κ1) is 15.3. The lowest BCUT2D eigenvalue weighted by atomic mass is 10.1. The zero-order chi connectivity index (χ0) is 15.5. The molecular formula is C17H20ClN3O.